The quantitative estimate of drug-likeness (QED) is 0.436. The lowest BCUT2D eigenvalue weighted by Crippen LogP contribution is -2.36. The molecule has 3 amide bonds. The van der Waals surface area contributed by atoms with Crippen molar-refractivity contribution in [3.8, 4) is 5.75 Å². The number of nitrogens with one attached hydrogen (secondary N) is 1. The molecule has 0 atom stereocenters. The van der Waals surface area contributed by atoms with Crippen molar-refractivity contribution in [3.63, 3.8) is 0 Å². The minimum atomic E-state index is -0.540. The number of hydrogen-bond donors (Lipinski definition) is 1. The second-order valence-corrected chi connectivity index (χ2v) is 8.59. The molecule has 10 heteroatoms. The van der Waals surface area contributed by atoms with Crippen LogP contribution in [0.1, 0.15) is 11.1 Å². The smallest absolute Gasteiger partial charge is 0.343 e. The summed E-state index contributed by atoms with van der Waals surface area (Å²) in [5.41, 5.74) is 2.21. The number of halogens is 1. The average molecular weight is 519 g/mol. The van der Waals surface area contributed by atoms with Crippen LogP contribution in [0.25, 0.3) is 6.08 Å². The first-order valence-corrected chi connectivity index (χ1v) is 11.0. The van der Waals surface area contributed by atoms with Crippen LogP contribution in [0.2, 0.25) is 0 Å². The predicted molar refractivity (Wildman–Crippen MR) is 124 cm³/mol. The van der Waals surface area contributed by atoms with Crippen molar-refractivity contribution in [1.29, 1.82) is 0 Å². The van der Waals surface area contributed by atoms with Crippen LogP contribution >= 0.6 is 27.7 Å². The highest BCUT2D eigenvalue weighted by Crippen LogP contribution is 2.33. The number of imide groups is 1. The van der Waals surface area contributed by atoms with E-state index in [4.69, 9.17) is 4.74 Å². The second kappa shape index (κ2) is 10.5. The maximum atomic E-state index is 12.7. The van der Waals surface area contributed by atoms with Crippen molar-refractivity contribution in [1.82, 2.24) is 4.90 Å². The lowest BCUT2D eigenvalue weighted by atomic mass is 10.2. The van der Waals surface area contributed by atoms with Crippen LogP contribution in [0.4, 0.5) is 10.5 Å². The van der Waals surface area contributed by atoms with Crippen molar-refractivity contribution in [3.05, 3.63) is 63.0 Å². The van der Waals surface area contributed by atoms with Crippen molar-refractivity contribution in [2.45, 2.75) is 6.92 Å². The predicted octanol–water partition coefficient (Wildman–Crippen LogP) is 3.98. The number of nitrogens with zero attached hydrogens (tertiary/aromatic N) is 1. The number of anilines is 1. The Hall–Kier alpha value is -3.11. The van der Waals surface area contributed by atoms with Crippen LogP contribution in [0.3, 0.4) is 0 Å². The number of methoxy groups -OCH3 is 1. The Bertz CT molecular complexity index is 1120. The van der Waals surface area contributed by atoms with Crippen molar-refractivity contribution >= 4 is 62.5 Å². The number of rotatable bonds is 7. The number of carbonyl (C=O) groups is 4. The molecule has 0 radical (unpaired) electrons. The first-order valence-electron chi connectivity index (χ1n) is 9.38. The van der Waals surface area contributed by atoms with E-state index in [9.17, 15) is 19.2 Å². The molecular formula is C22H19BrN2O6S. The molecule has 0 bridgehead atoms. The van der Waals surface area contributed by atoms with E-state index >= 15 is 0 Å². The fourth-order valence-corrected chi connectivity index (χ4v) is 4.12. The van der Waals surface area contributed by atoms with Crippen LogP contribution in [0.15, 0.2) is 51.8 Å². The largest absolute Gasteiger partial charge is 0.481 e. The molecule has 2 aromatic rings. The van der Waals surface area contributed by atoms with E-state index < -0.39 is 23.0 Å². The Morgan fingerprint density at radius 2 is 1.97 bits per heavy atom. The number of hydrogen-bond acceptors (Lipinski definition) is 7. The van der Waals surface area contributed by atoms with E-state index in [1.54, 1.807) is 42.5 Å². The van der Waals surface area contributed by atoms with Gasteiger partial charge in [-0.05, 0) is 76.1 Å². The molecular weight excluding hydrogens is 500 g/mol. The minimum Gasteiger partial charge on any atom is -0.481 e. The average Bonchev–Trinajstić information content (AvgIpc) is 3.00. The standard InChI is InChI=1S/C22H19BrN2O6S/c1-13-4-3-5-15(8-13)24-19(26)11-25-21(28)18(32-22(25)29)10-14-6-7-17(16(23)9-14)31-12-20(27)30-2/h3-10H,11-12H2,1-2H3,(H,24,26)/b18-10+. The molecule has 0 unspecified atom stereocenters. The number of esters is 1. The zero-order valence-electron chi connectivity index (χ0n) is 17.2. The Kier molecular flexibility index (Phi) is 7.70. The van der Waals surface area contributed by atoms with Crippen LogP contribution in [-0.2, 0) is 19.1 Å². The maximum absolute atomic E-state index is 12.7. The number of carbonyl (C=O) groups excluding carboxylic acids is 4. The van der Waals surface area contributed by atoms with Gasteiger partial charge in [0.25, 0.3) is 11.1 Å². The lowest BCUT2D eigenvalue weighted by Gasteiger charge is -2.12. The summed E-state index contributed by atoms with van der Waals surface area (Å²) in [5, 5.41) is 2.17. The summed E-state index contributed by atoms with van der Waals surface area (Å²) in [6, 6.07) is 12.2. The summed E-state index contributed by atoms with van der Waals surface area (Å²) in [4.78, 5) is 49.6. The van der Waals surface area contributed by atoms with Crippen molar-refractivity contribution in [2.75, 3.05) is 25.6 Å². The van der Waals surface area contributed by atoms with Gasteiger partial charge in [-0.2, -0.15) is 0 Å². The number of ether oxygens (including phenoxy) is 2. The van der Waals surface area contributed by atoms with Crippen molar-refractivity contribution in [2.24, 2.45) is 0 Å². The van der Waals surface area contributed by atoms with Crippen LogP contribution in [0.5, 0.6) is 5.75 Å². The molecule has 1 aliphatic rings. The van der Waals surface area contributed by atoms with E-state index in [0.29, 0.717) is 21.5 Å². The van der Waals surface area contributed by atoms with Gasteiger partial charge in [-0.1, -0.05) is 18.2 Å². The molecule has 2 aromatic carbocycles. The third kappa shape index (κ3) is 5.98. The summed E-state index contributed by atoms with van der Waals surface area (Å²) < 4.78 is 10.4. The van der Waals surface area contributed by atoms with Gasteiger partial charge in [0.15, 0.2) is 6.61 Å². The highest BCUT2D eigenvalue weighted by atomic mass is 79.9. The summed E-state index contributed by atoms with van der Waals surface area (Å²) in [6.45, 7) is 1.28. The van der Waals surface area contributed by atoms with Gasteiger partial charge in [-0.15, -0.1) is 0 Å². The monoisotopic (exact) mass is 518 g/mol. The molecule has 0 aromatic heterocycles. The molecule has 3 rings (SSSR count). The zero-order chi connectivity index (χ0) is 23.3. The third-order valence-corrected chi connectivity index (χ3v) is 5.83. The third-order valence-electron chi connectivity index (χ3n) is 4.30. The molecule has 0 saturated carbocycles. The summed E-state index contributed by atoms with van der Waals surface area (Å²) in [7, 11) is 1.27. The SMILES string of the molecule is COC(=O)COc1ccc(/C=C2/SC(=O)N(CC(=O)Nc3cccc(C)c3)C2=O)cc1Br. The molecule has 1 N–H and O–H groups in total. The first-order chi connectivity index (χ1) is 15.3. The van der Waals surface area contributed by atoms with Crippen LogP contribution in [0, 0.1) is 6.92 Å². The van der Waals surface area contributed by atoms with Gasteiger partial charge < -0.3 is 14.8 Å². The van der Waals surface area contributed by atoms with E-state index in [2.05, 4.69) is 26.0 Å². The Morgan fingerprint density at radius 1 is 1.19 bits per heavy atom. The Morgan fingerprint density at radius 3 is 2.66 bits per heavy atom. The van der Waals surface area contributed by atoms with Gasteiger partial charge >= 0.3 is 5.97 Å². The number of benzene rings is 2. The van der Waals surface area contributed by atoms with Gasteiger partial charge in [0.2, 0.25) is 5.91 Å². The molecule has 1 heterocycles. The molecule has 1 aliphatic heterocycles. The fraction of sp³-hybridized carbons (Fsp3) is 0.182. The normalized spacial score (nSPS) is 14.6. The molecule has 0 spiro atoms. The fourth-order valence-electron chi connectivity index (χ4n) is 2.77. The van der Waals surface area contributed by atoms with Gasteiger partial charge in [0.05, 0.1) is 16.5 Å². The molecule has 166 valence electrons. The summed E-state index contributed by atoms with van der Waals surface area (Å²) >= 11 is 4.11. The lowest BCUT2D eigenvalue weighted by molar-refractivity contribution is -0.143. The molecule has 1 fully saturated rings. The highest BCUT2D eigenvalue weighted by molar-refractivity contribution is 9.10. The number of amides is 3. The van der Waals surface area contributed by atoms with E-state index in [1.165, 1.54) is 7.11 Å². The zero-order valence-corrected chi connectivity index (χ0v) is 19.6. The number of aryl methyl sites for hydroxylation is 1. The summed E-state index contributed by atoms with van der Waals surface area (Å²) in [5.74, 6) is -1.09. The Labute approximate surface area is 197 Å². The van der Waals surface area contributed by atoms with Crippen LogP contribution in [-0.4, -0.2) is 48.2 Å². The maximum Gasteiger partial charge on any atom is 0.343 e. The van der Waals surface area contributed by atoms with Gasteiger partial charge in [0, 0.05) is 5.69 Å². The second-order valence-electron chi connectivity index (χ2n) is 6.74. The topological polar surface area (TPSA) is 102 Å². The van der Waals surface area contributed by atoms with Crippen LogP contribution < -0.4 is 10.1 Å². The molecule has 32 heavy (non-hydrogen) atoms. The molecule has 0 aliphatic carbocycles. The van der Waals surface area contributed by atoms with E-state index in [0.717, 1.165) is 22.2 Å². The van der Waals surface area contributed by atoms with Gasteiger partial charge in [0.1, 0.15) is 12.3 Å². The molecule has 1 saturated heterocycles. The van der Waals surface area contributed by atoms with E-state index in [1.807, 2.05) is 13.0 Å². The van der Waals surface area contributed by atoms with E-state index in [-0.39, 0.29) is 18.1 Å². The highest BCUT2D eigenvalue weighted by Gasteiger charge is 2.36. The van der Waals surface area contributed by atoms with Gasteiger partial charge in [-0.3, -0.25) is 19.3 Å². The summed E-state index contributed by atoms with van der Waals surface area (Å²) in [6.07, 6.45) is 1.55. The number of thioether (sulfide) groups is 1. The Balaban J connectivity index is 1.66. The van der Waals surface area contributed by atoms with Gasteiger partial charge in [-0.25, -0.2) is 4.79 Å². The first kappa shape index (κ1) is 23.6. The molecule has 8 nitrogen and oxygen atoms in total. The van der Waals surface area contributed by atoms with Crippen molar-refractivity contribution < 1.29 is 28.7 Å². The minimum absolute atomic E-state index is 0.202.